The second-order valence-corrected chi connectivity index (χ2v) is 7.17. The van der Waals surface area contributed by atoms with E-state index in [2.05, 4.69) is 32.2 Å². The highest BCUT2D eigenvalue weighted by atomic mass is 16.5. The van der Waals surface area contributed by atoms with Gasteiger partial charge in [-0.1, -0.05) is 0 Å². The molecule has 0 aromatic carbocycles. The molecule has 144 valence electrons. The van der Waals surface area contributed by atoms with Crippen molar-refractivity contribution in [1.82, 2.24) is 19.9 Å². The largest absolute Gasteiger partial charge is 0.495 e. The Labute approximate surface area is 163 Å². The molecule has 0 aliphatic carbocycles. The van der Waals surface area contributed by atoms with Crippen molar-refractivity contribution in [2.75, 3.05) is 32.6 Å². The maximum Gasteiger partial charge on any atom is 0.228 e. The van der Waals surface area contributed by atoms with Crippen molar-refractivity contribution in [3.05, 3.63) is 43.0 Å². The van der Waals surface area contributed by atoms with Crippen LogP contribution in [-0.4, -0.2) is 53.0 Å². The van der Waals surface area contributed by atoms with Gasteiger partial charge in [0.05, 0.1) is 19.0 Å². The van der Waals surface area contributed by atoms with E-state index in [0.717, 1.165) is 48.0 Å². The quantitative estimate of drug-likeness (QED) is 0.753. The van der Waals surface area contributed by atoms with Gasteiger partial charge in [-0.15, -0.1) is 0 Å². The first-order chi connectivity index (χ1) is 13.6. The molecule has 0 unspecified atom stereocenters. The van der Waals surface area contributed by atoms with E-state index in [1.54, 1.807) is 31.9 Å². The van der Waals surface area contributed by atoms with Crippen LogP contribution in [0.15, 0.2) is 43.0 Å². The van der Waals surface area contributed by atoms with Crippen molar-refractivity contribution < 1.29 is 9.53 Å². The predicted molar refractivity (Wildman–Crippen MR) is 108 cm³/mol. The van der Waals surface area contributed by atoms with Crippen LogP contribution in [0.5, 0.6) is 5.75 Å². The highest BCUT2D eigenvalue weighted by Crippen LogP contribution is 2.25. The number of hydrogen-bond donors (Lipinski definition) is 1. The number of nitrogens with one attached hydrogen (secondary N) is 1. The summed E-state index contributed by atoms with van der Waals surface area (Å²) in [6.07, 6.45) is 8.69. The van der Waals surface area contributed by atoms with Gasteiger partial charge < -0.3 is 15.0 Å². The number of ether oxygens (including phenoxy) is 1. The number of fused-ring (bicyclic) bond motifs is 1. The fourth-order valence-electron chi connectivity index (χ4n) is 3.43. The molecule has 0 bridgehead atoms. The summed E-state index contributed by atoms with van der Waals surface area (Å²) >= 11 is 0. The molecule has 1 saturated heterocycles. The number of piperidine rings is 1. The Kier molecular flexibility index (Phi) is 5.16. The minimum atomic E-state index is 0.0459. The van der Waals surface area contributed by atoms with Crippen LogP contribution >= 0.6 is 0 Å². The van der Waals surface area contributed by atoms with Crippen molar-refractivity contribution in [3.8, 4) is 17.0 Å². The molecule has 28 heavy (non-hydrogen) atoms. The molecule has 3 aromatic rings. The Hall–Kier alpha value is -3.06. The monoisotopic (exact) mass is 377 g/mol. The van der Waals surface area contributed by atoms with Crippen molar-refractivity contribution >= 4 is 22.5 Å². The zero-order chi connectivity index (χ0) is 19.5. The molecule has 1 aliphatic heterocycles. The Morgan fingerprint density at radius 3 is 2.64 bits per heavy atom. The second-order valence-electron chi connectivity index (χ2n) is 7.17. The van der Waals surface area contributed by atoms with E-state index in [9.17, 15) is 4.79 Å². The molecule has 0 spiro atoms. The van der Waals surface area contributed by atoms with Crippen LogP contribution in [0.4, 0.5) is 5.82 Å². The summed E-state index contributed by atoms with van der Waals surface area (Å²) in [5.41, 5.74) is 1.66. The Morgan fingerprint density at radius 1 is 1.07 bits per heavy atom. The van der Waals surface area contributed by atoms with E-state index < -0.39 is 0 Å². The molecule has 7 nitrogen and oxygen atoms in total. The molecule has 1 N–H and O–H groups in total. The van der Waals surface area contributed by atoms with Gasteiger partial charge in [0.15, 0.2) is 0 Å². The maximum atomic E-state index is 12.6. The SMILES string of the molecule is COc1cncc(-c2cc3cc(NC(=O)C4CCN(C)CC4)ncc3cn2)c1. The zero-order valence-corrected chi connectivity index (χ0v) is 16.1. The standard InChI is InChI=1S/C21H23N5O2/c1-26-5-3-14(4-6-26)21(27)25-20-9-15-8-19(23-11-17(15)12-24-20)16-7-18(28-2)13-22-10-16/h7-14H,3-6H2,1-2H3,(H,24,25,27). The first kappa shape index (κ1) is 18.3. The summed E-state index contributed by atoms with van der Waals surface area (Å²) < 4.78 is 5.24. The first-order valence-corrected chi connectivity index (χ1v) is 9.37. The van der Waals surface area contributed by atoms with Gasteiger partial charge in [-0.3, -0.25) is 14.8 Å². The molecule has 1 amide bonds. The number of likely N-dealkylation sites (tertiary alicyclic amines) is 1. The third kappa shape index (κ3) is 3.94. The lowest BCUT2D eigenvalue weighted by atomic mass is 9.96. The van der Waals surface area contributed by atoms with Gasteiger partial charge in [0.2, 0.25) is 5.91 Å². The highest BCUT2D eigenvalue weighted by Gasteiger charge is 2.23. The lowest BCUT2D eigenvalue weighted by Gasteiger charge is -2.27. The number of anilines is 1. The number of rotatable bonds is 4. The van der Waals surface area contributed by atoms with Crippen LogP contribution in [-0.2, 0) is 4.79 Å². The third-order valence-electron chi connectivity index (χ3n) is 5.19. The van der Waals surface area contributed by atoms with Gasteiger partial charge in [-0.25, -0.2) is 4.98 Å². The fourth-order valence-corrected chi connectivity index (χ4v) is 3.43. The molecule has 4 heterocycles. The fraction of sp³-hybridized carbons (Fsp3) is 0.333. The van der Waals surface area contributed by atoms with Crippen LogP contribution in [0.2, 0.25) is 0 Å². The molecule has 7 heteroatoms. The number of pyridine rings is 3. The van der Waals surface area contributed by atoms with Gasteiger partial charge in [0, 0.05) is 35.5 Å². The van der Waals surface area contributed by atoms with Gasteiger partial charge in [0.25, 0.3) is 0 Å². The molecule has 1 fully saturated rings. The smallest absolute Gasteiger partial charge is 0.228 e. The molecule has 0 radical (unpaired) electrons. The van der Waals surface area contributed by atoms with Crippen LogP contribution in [0.1, 0.15) is 12.8 Å². The Balaban J connectivity index is 1.56. The number of amides is 1. The van der Waals surface area contributed by atoms with Crippen LogP contribution < -0.4 is 10.1 Å². The molecule has 3 aromatic heterocycles. The number of hydrogen-bond acceptors (Lipinski definition) is 6. The molecular formula is C21H23N5O2. The minimum Gasteiger partial charge on any atom is -0.495 e. The van der Waals surface area contributed by atoms with Crippen LogP contribution in [0.25, 0.3) is 22.0 Å². The van der Waals surface area contributed by atoms with Gasteiger partial charge >= 0.3 is 0 Å². The summed E-state index contributed by atoms with van der Waals surface area (Å²) in [5, 5.41) is 4.85. The van der Waals surface area contributed by atoms with Crippen LogP contribution in [0.3, 0.4) is 0 Å². The number of aromatic nitrogens is 3. The van der Waals surface area contributed by atoms with E-state index in [1.165, 1.54) is 0 Å². The van der Waals surface area contributed by atoms with Crippen LogP contribution in [0, 0.1) is 5.92 Å². The van der Waals surface area contributed by atoms with Crippen molar-refractivity contribution in [3.63, 3.8) is 0 Å². The normalized spacial score (nSPS) is 15.5. The van der Waals surface area contributed by atoms with Gasteiger partial charge in [-0.05, 0) is 56.6 Å². The van der Waals surface area contributed by atoms with E-state index in [0.29, 0.717) is 11.6 Å². The number of methoxy groups -OCH3 is 1. The summed E-state index contributed by atoms with van der Waals surface area (Å²) in [4.78, 5) is 27.9. The minimum absolute atomic E-state index is 0.0459. The molecule has 0 atom stereocenters. The topological polar surface area (TPSA) is 80.2 Å². The van der Waals surface area contributed by atoms with E-state index in [1.807, 2.05) is 18.2 Å². The van der Waals surface area contributed by atoms with Gasteiger partial charge in [0.1, 0.15) is 11.6 Å². The van der Waals surface area contributed by atoms with Crippen molar-refractivity contribution in [2.24, 2.45) is 5.92 Å². The van der Waals surface area contributed by atoms with Crippen molar-refractivity contribution in [1.29, 1.82) is 0 Å². The molecule has 1 aliphatic rings. The highest BCUT2D eigenvalue weighted by molar-refractivity contribution is 5.94. The summed E-state index contributed by atoms with van der Waals surface area (Å²) in [6, 6.07) is 5.75. The Morgan fingerprint density at radius 2 is 1.86 bits per heavy atom. The Bertz CT molecular complexity index is 999. The lowest BCUT2D eigenvalue weighted by Crippen LogP contribution is -2.36. The average Bonchev–Trinajstić information content (AvgIpc) is 2.73. The lowest BCUT2D eigenvalue weighted by molar-refractivity contribution is -0.121. The number of nitrogens with zero attached hydrogens (tertiary/aromatic N) is 4. The summed E-state index contributed by atoms with van der Waals surface area (Å²) in [7, 11) is 3.70. The average molecular weight is 377 g/mol. The van der Waals surface area contributed by atoms with E-state index >= 15 is 0 Å². The molecule has 0 saturated carbocycles. The first-order valence-electron chi connectivity index (χ1n) is 9.37. The number of carbonyl (C=O) groups excluding carboxylic acids is 1. The summed E-state index contributed by atoms with van der Waals surface area (Å²) in [5.74, 6) is 1.34. The third-order valence-corrected chi connectivity index (χ3v) is 5.19. The second kappa shape index (κ2) is 7.90. The van der Waals surface area contributed by atoms with E-state index in [4.69, 9.17) is 4.74 Å². The number of carbonyl (C=O) groups is 1. The summed E-state index contributed by atoms with van der Waals surface area (Å²) in [6.45, 7) is 1.90. The predicted octanol–water partition coefficient (Wildman–Crippen LogP) is 2.98. The maximum absolute atomic E-state index is 12.6. The molecular weight excluding hydrogens is 354 g/mol. The molecule has 4 rings (SSSR count). The van der Waals surface area contributed by atoms with Crippen molar-refractivity contribution in [2.45, 2.75) is 12.8 Å². The zero-order valence-electron chi connectivity index (χ0n) is 16.1. The van der Waals surface area contributed by atoms with E-state index in [-0.39, 0.29) is 11.8 Å². The van der Waals surface area contributed by atoms with Gasteiger partial charge in [-0.2, -0.15) is 0 Å².